The van der Waals surface area contributed by atoms with Crippen LogP contribution < -0.4 is 14.2 Å². The molecule has 3 saturated heterocycles. The summed E-state index contributed by atoms with van der Waals surface area (Å²) in [6.45, 7) is 0.654. The van der Waals surface area contributed by atoms with Gasteiger partial charge < -0.3 is 89.3 Å². The Balaban J connectivity index is 1.10. The van der Waals surface area contributed by atoms with E-state index in [-0.39, 0.29) is 30.1 Å². The Bertz CT molecular complexity index is 1540. The van der Waals surface area contributed by atoms with E-state index in [1.807, 2.05) is 0 Å². The van der Waals surface area contributed by atoms with Gasteiger partial charge in [-0.2, -0.15) is 0 Å². The monoisotopic (exact) mass is 742 g/mol. The average molecular weight is 743 g/mol. The lowest BCUT2D eigenvalue weighted by Gasteiger charge is -2.42. The quantitative estimate of drug-likeness (QED) is 0.118. The van der Waals surface area contributed by atoms with Crippen LogP contribution >= 0.6 is 0 Å². The number of rotatable bonds is 9. The molecule has 16 unspecified atom stereocenters. The number of ketones is 1. The molecule has 6 rings (SSSR count). The van der Waals surface area contributed by atoms with Crippen molar-refractivity contribution in [1.82, 2.24) is 0 Å². The zero-order chi connectivity index (χ0) is 37.6. The second-order valence-corrected chi connectivity index (χ2v) is 13.1. The molecular formula is C33H42O19. The Kier molecular flexibility index (Phi) is 11.6. The van der Waals surface area contributed by atoms with Crippen LogP contribution in [0.1, 0.15) is 35.4 Å². The fourth-order valence-electron chi connectivity index (χ4n) is 6.32. The van der Waals surface area contributed by atoms with Crippen molar-refractivity contribution in [1.29, 1.82) is 0 Å². The normalized spacial score (nSPS) is 40.8. The van der Waals surface area contributed by atoms with E-state index in [0.29, 0.717) is 11.3 Å². The molecule has 4 aliphatic heterocycles. The predicted octanol–water partition coefficient (Wildman–Crippen LogP) is -3.69. The van der Waals surface area contributed by atoms with Crippen LogP contribution in [0.15, 0.2) is 36.4 Å². The summed E-state index contributed by atoms with van der Waals surface area (Å²) in [6.07, 6.45) is -23.9. The van der Waals surface area contributed by atoms with Gasteiger partial charge in [-0.25, -0.2) is 0 Å². The molecular weight excluding hydrogens is 700 g/mol. The predicted molar refractivity (Wildman–Crippen MR) is 167 cm³/mol. The number of carbonyl (C=O) groups is 1. The van der Waals surface area contributed by atoms with Crippen molar-refractivity contribution in [2.24, 2.45) is 0 Å². The lowest BCUT2D eigenvalue weighted by molar-refractivity contribution is -0.318. The minimum Gasteiger partial charge on any atom is -0.507 e. The van der Waals surface area contributed by atoms with E-state index < -0.39 is 116 Å². The van der Waals surface area contributed by atoms with E-state index in [9.17, 15) is 61.0 Å². The molecule has 0 amide bonds. The standard InChI is InChI=1S/C33H42O19/c1-11-22(36)25(39)29(43)32(48-11)47-10-20-24(38)27(41)30(44)33(52-20)49-14-6-15(34)21-16(35)8-17(50-18(21)7-14)12-2-4-13(5-3-12)46-9-19-23(37)26(40)28(42)31(45)51-19/h2-7,11,17,19-20,22-34,36-45H,8-10H2,1H3. The van der Waals surface area contributed by atoms with E-state index in [2.05, 4.69) is 0 Å². The zero-order valence-corrected chi connectivity index (χ0v) is 27.5. The molecule has 0 bridgehead atoms. The van der Waals surface area contributed by atoms with Crippen LogP contribution in [0.2, 0.25) is 0 Å². The van der Waals surface area contributed by atoms with Crippen LogP contribution in [-0.2, 0) is 18.9 Å². The number of phenols is 1. The van der Waals surface area contributed by atoms with Gasteiger partial charge in [0, 0.05) is 12.1 Å². The molecule has 0 saturated carbocycles. The molecule has 2 aromatic rings. The number of aromatic hydroxyl groups is 1. The van der Waals surface area contributed by atoms with E-state index in [1.54, 1.807) is 24.3 Å². The van der Waals surface area contributed by atoms with Crippen molar-refractivity contribution >= 4 is 5.78 Å². The third-order valence-electron chi connectivity index (χ3n) is 9.48. The van der Waals surface area contributed by atoms with E-state index in [4.69, 9.17) is 33.2 Å². The molecule has 4 heterocycles. The van der Waals surface area contributed by atoms with Gasteiger partial charge in [0.25, 0.3) is 0 Å². The molecule has 4 aliphatic rings. The molecule has 19 heteroatoms. The average Bonchev–Trinajstić information content (AvgIpc) is 3.12. The minimum absolute atomic E-state index is 0.0663. The molecule has 19 nitrogen and oxygen atoms in total. The summed E-state index contributed by atoms with van der Waals surface area (Å²) in [7, 11) is 0. The first-order valence-corrected chi connectivity index (χ1v) is 16.5. The molecule has 52 heavy (non-hydrogen) atoms. The SMILES string of the molecule is CC1OC(OCC2OC(Oc3cc(O)c4c(c3)OC(c3ccc(OCC5OC(O)C(O)C(O)C5O)cc3)CC4=O)C(O)C(O)C2O)C(O)C(O)C1O. The zero-order valence-electron chi connectivity index (χ0n) is 27.5. The molecule has 0 spiro atoms. The summed E-state index contributed by atoms with van der Waals surface area (Å²) >= 11 is 0. The lowest BCUT2D eigenvalue weighted by atomic mass is 9.95. The minimum atomic E-state index is -1.80. The summed E-state index contributed by atoms with van der Waals surface area (Å²) in [4.78, 5) is 13.1. The molecule has 3 fully saturated rings. The largest absolute Gasteiger partial charge is 0.507 e. The molecule has 288 valence electrons. The number of ether oxygens (including phenoxy) is 7. The summed E-state index contributed by atoms with van der Waals surface area (Å²) in [5.74, 6) is -0.863. The number of aliphatic hydroxyl groups is 10. The first-order chi connectivity index (χ1) is 24.6. The van der Waals surface area contributed by atoms with Crippen LogP contribution in [0, 0.1) is 0 Å². The molecule has 16 atom stereocenters. The lowest BCUT2D eigenvalue weighted by Crippen LogP contribution is -2.61. The van der Waals surface area contributed by atoms with Crippen LogP contribution in [-0.4, -0.2) is 167 Å². The van der Waals surface area contributed by atoms with E-state index in [0.717, 1.165) is 6.07 Å². The topological polar surface area (TPSA) is 304 Å². The Labute approximate surface area is 295 Å². The summed E-state index contributed by atoms with van der Waals surface area (Å²) in [5, 5.41) is 112. The summed E-state index contributed by atoms with van der Waals surface area (Å²) in [6, 6.07) is 8.64. The maximum absolute atomic E-state index is 13.1. The molecule has 0 aromatic heterocycles. The van der Waals surface area contributed by atoms with Crippen LogP contribution in [0.5, 0.6) is 23.0 Å². The van der Waals surface area contributed by atoms with Gasteiger partial charge in [-0.05, 0) is 24.6 Å². The smallest absolute Gasteiger partial charge is 0.229 e. The third-order valence-corrected chi connectivity index (χ3v) is 9.48. The number of aliphatic hydroxyl groups excluding tert-OH is 10. The molecule has 2 aromatic carbocycles. The van der Waals surface area contributed by atoms with Gasteiger partial charge in [0.1, 0.15) is 108 Å². The van der Waals surface area contributed by atoms with Crippen molar-refractivity contribution in [3.8, 4) is 23.0 Å². The number of phenolic OH excluding ortho intramolecular Hbond substituents is 1. The van der Waals surface area contributed by atoms with Crippen molar-refractivity contribution in [2.45, 2.75) is 112 Å². The maximum atomic E-state index is 13.1. The molecule has 11 N–H and O–H groups in total. The number of hydrogen-bond donors (Lipinski definition) is 11. The van der Waals surface area contributed by atoms with Crippen molar-refractivity contribution in [3.05, 3.63) is 47.5 Å². The number of fused-ring (bicyclic) bond motifs is 1. The second-order valence-electron chi connectivity index (χ2n) is 13.1. The van der Waals surface area contributed by atoms with Crippen molar-refractivity contribution < 1.29 is 94.1 Å². The first-order valence-electron chi connectivity index (χ1n) is 16.5. The van der Waals surface area contributed by atoms with Gasteiger partial charge in [0.15, 0.2) is 18.4 Å². The fraction of sp³-hybridized carbons (Fsp3) is 0.606. The summed E-state index contributed by atoms with van der Waals surface area (Å²) < 4.78 is 39.0. The molecule has 0 aliphatic carbocycles. The number of hydrogen-bond acceptors (Lipinski definition) is 19. The van der Waals surface area contributed by atoms with E-state index in [1.165, 1.54) is 13.0 Å². The Hall–Kier alpha value is -3.25. The Morgan fingerprint density at radius 1 is 0.673 bits per heavy atom. The fourth-order valence-corrected chi connectivity index (χ4v) is 6.32. The van der Waals surface area contributed by atoms with Gasteiger partial charge in [-0.15, -0.1) is 0 Å². The highest BCUT2D eigenvalue weighted by molar-refractivity contribution is 6.02. The van der Waals surface area contributed by atoms with Gasteiger partial charge in [0.2, 0.25) is 6.29 Å². The van der Waals surface area contributed by atoms with Gasteiger partial charge >= 0.3 is 0 Å². The Morgan fingerprint density at radius 3 is 1.98 bits per heavy atom. The van der Waals surface area contributed by atoms with Crippen LogP contribution in [0.25, 0.3) is 0 Å². The summed E-state index contributed by atoms with van der Waals surface area (Å²) in [5.41, 5.74) is 0.415. The number of carbonyl (C=O) groups excluding carboxylic acids is 1. The van der Waals surface area contributed by atoms with Gasteiger partial charge in [0.05, 0.1) is 19.1 Å². The third kappa shape index (κ3) is 7.70. The Morgan fingerprint density at radius 2 is 1.29 bits per heavy atom. The molecule has 0 radical (unpaired) electrons. The van der Waals surface area contributed by atoms with Crippen molar-refractivity contribution in [2.75, 3.05) is 13.2 Å². The van der Waals surface area contributed by atoms with Crippen LogP contribution in [0.4, 0.5) is 0 Å². The maximum Gasteiger partial charge on any atom is 0.229 e. The van der Waals surface area contributed by atoms with Crippen LogP contribution in [0.3, 0.4) is 0 Å². The highest BCUT2D eigenvalue weighted by atomic mass is 16.7. The highest BCUT2D eigenvalue weighted by Gasteiger charge is 2.48. The highest BCUT2D eigenvalue weighted by Crippen LogP contribution is 2.43. The number of benzene rings is 2. The van der Waals surface area contributed by atoms with E-state index >= 15 is 0 Å². The number of Topliss-reactive ketones (excluding diaryl/α,β-unsaturated/α-hetero) is 1. The van der Waals surface area contributed by atoms with Gasteiger partial charge in [-0.3, -0.25) is 4.79 Å². The second kappa shape index (κ2) is 15.6. The van der Waals surface area contributed by atoms with Crippen molar-refractivity contribution in [3.63, 3.8) is 0 Å². The first kappa shape index (κ1) is 38.5. The van der Waals surface area contributed by atoms with Gasteiger partial charge in [-0.1, -0.05) is 12.1 Å².